The second-order valence-electron chi connectivity index (χ2n) is 12.0. The number of hydrogen-bond acceptors (Lipinski definition) is 3. The van der Waals surface area contributed by atoms with Crippen molar-refractivity contribution in [2.45, 2.75) is 102 Å². The molecule has 0 aromatic heterocycles. The van der Waals surface area contributed by atoms with Gasteiger partial charge in [0, 0.05) is 12.8 Å². The van der Waals surface area contributed by atoms with Gasteiger partial charge in [0.05, 0.1) is 18.8 Å². The van der Waals surface area contributed by atoms with Crippen LogP contribution in [0.1, 0.15) is 84.5 Å². The van der Waals surface area contributed by atoms with Gasteiger partial charge >= 0.3 is 0 Å². The van der Waals surface area contributed by atoms with Gasteiger partial charge in [-0.15, -0.1) is 0 Å². The van der Waals surface area contributed by atoms with Gasteiger partial charge in [0.15, 0.2) is 5.79 Å². The molecule has 2 saturated heterocycles. The molecule has 3 heteroatoms. The molecular weight excluding hydrogens is 348 g/mol. The highest BCUT2D eigenvalue weighted by molar-refractivity contribution is 5.13. The lowest BCUT2D eigenvalue weighted by Gasteiger charge is -2.57. The zero-order valence-corrected chi connectivity index (χ0v) is 17.9. The zero-order valence-electron chi connectivity index (χ0n) is 17.9. The standard InChI is InChI=1S/C25H40O3/c1-15-9-10-25(27-14-15)12-20-22(28-25)11-19-18-8-7-16-5-3-4-6-17(16)23(18)21(26)13-24(19,20)2/h15-23,26H,3-14H2,1-2H3/t15-,16+,17+,18+,19-,20-,21+,22+,23+,24+,25+/m1/s1. The van der Waals surface area contributed by atoms with Crippen LogP contribution in [0.25, 0.3) is 0 Å². The first-order chi connectivity index (χ1) is 13.5. The van der Waals surface area contributed by atoms with E-state index in [4.69, 9.17) is 9.47 Å². The third-order valence-corrected chi connectivity index (χ3v) is 10.6. The Hall–Kier alpha value is -0.120. The molecular formula is C25H40O3. The summed E-state index contributed by atoms with van der Waals surface area (Å²) in [5, 5.41) is 11.4. The predicted octanol–water partition coefficient (Wildman–Crippen LogP) is 5.16. The average Bonchev–Trinajstić information content (AvgIpc) is 3.17. The fourth-order valence-corrected chi connectivity index (χ4v) is 9.32. The Morgan fingerprint density at radius 1 is 0.929 bits per heavy atom. The van der Waals surface area contributed by atoms with Gasteiger partial charge in [-0.1, -0.05) is 33.1 Å². The van der Waals surface area contributed by atoms with Crippen LogP contribution >= 0.6 is 0 Å². The molecule has 2 aliphatic heterocycles. The van der Waals surface area contributed by atoms with Gasteiger partial charge in [-0.3, -0.25) is 0 Å². The molecule has 6 rings (SSSR count). The van der Waals surface area contributed by atoms with Gasteiger partial charge in [-0.25, -0.2) is 0 Å². The molecule has 6 aliphatic rings. The van der Waals surface area contributed by atoms with Crippen molar-refractivity contribution in [1.82, 2.24) is 0 Å². The van der Waals surface area contributed by atoms with E-state index in [9.17, 15) is 5.11 Å². The van der Waals surface area contributed by atoms with Crippen molar-refractivity contribution in [3.05, 3.63) is 0 Å². The van der Waals surface area contributed by atoms with E-state index in [-0.39, 0.29) is 17.3 Å². The predicted molar refractivity (Wildman–Crippen MR) is 109 cm³/mol. The number of rotatable bonds is 0. The Balaban J connectivity index is 1.25. The summed E-state index contributed by atoms with van der Waals surface area (Å²) < 4.78 is 13.1. The van der Waals surface area contributed by atoms with Gasteiger partial charge in [0.2, 0.25) is 0 Å². The average molecular weight is 389 g/mol. The van der Waals surface area contributed by atoms with Crippen molar-refractivity contribution in [2.75, 3.05) is 6.61 Å². The van der Waals surface area contributed by atoms with Crippen LogP contribution in [0.15, 0.2) is 0 Å². The minimum Gasteiger partial charge on any atom is -0.393 e. The molecule has 11 atom stereocenters. The fourth-order valence-electron chi connectivity index (χ4n) is 9.32. The monoisotopic (exact) mass is 388 g/mol. The summed E-state index contributed by atoms with van der Waals surface area (Å²) in [6.45, 7) is 5.66. The number of fused-ring (bicyclic) bond motifs is 7. The molecule has 3 nitrogen and oxygen atoms in total. The molecule has 4 aliphatic carbocycles. The van der Waals surface area contributed by atoms with E-state index in [1.54, 1.807) is 0 Å². The number of hydrogen-bond donors (Lipinski definition) is 1. The Morgan fingerprint density at radius 2 is 1.79 bits per heavy atom. The molecule has 6 fully saturated rings. The minimum absolute atomic E-state index is 0.0836. The summed E-state index contributed by atoms with van der Waals surface area (Å²) in [6.07, 6.45) is 14.3. The smallest absolute Gasteiger partial charge is 0.169 e. The molecule has 0 aromatic carbocycles. The minimum atomic E-state index is -0.293. The molecule has 0 amide bonds. The van der Waals surface area contributed by atoms with Crippen LogP contribution in [-0.2, 0) is 9.47 Å². The van der Waals surface area contributed by atoms with Crippen molar-refractivity contribution in [3.63, 3.8) is 0 Å². The highest BCUT2D eigenvalue weighted by Gasteiger charge is 2.66. The van der Waals surface area contributed by atoms with E-state index < -0.39 is 0 Å². The summed E-state index contributed by atoms with van der Waals surface area (Å²) in [5.41, 5.74) is 0.253. The summed E-state index contributed by atoms with van der Waals surface area (Å²) in [7, 11) is 0. The molecule has 0 aromatic rings. The second-order valence-corrected chi connectivity index (χ2v) is 12.0. The largest absolute Gasteiger partial charge is 0.393 e. The van der Waals surface area contributed by atoms with Gasteiger partial charge < -0.3 is 14.6 Å². The molecule has 0 bridgehead atoms. The molecule has 0 radical (unpaired) electrons. The van der Waals surface area contributed by atoms with Crippen molar-refractivity contribution in [1.29, 1.82) is 0 Å². The molecule has 4 saturated carbocycles. The molecule has 28 heavy (non-hydrogen) atoms. The van der Waals surface area contributed by atoms with E-state index in [2.05, 4.69) is 13.8 Å². The normalized spacial score (nSPS) is 60.8. The Labute approximate surface area is 170 Å². The van der Waals surface area contributed by atoms with Crippen LogP contribution in [-0.4, -0.2) is 29.7 Å². The van der Waals surface area contributed by atoms with Gasteiger partial charge in [0.1, 0.15) is 0 Å². The van der Waals surface area contributed by atoms with E-state index >= 15 is 0 Å². The number of aliphatic hydroxyl groups excluding tert-OH is 1. The lowest BCUT2D eigenvalue weighted by atomic mass is 9.48. The van der Waals surface area contributed by atoms with E-state index in [0.717, 1.165) is 49.5 Å². The van der Waals surface area contributed by atoms with Crippen LogP contribution in [0.2, 0.25) is 0 Å². The van der Waals surface area contributed by atoms with Crippen LogP contribution in [0.3, 0.4) is 0 Å². The van der Waals surface area contributed by atoms with Crippen LogP contribution in [0, 0.1) is 46.8 Å². The van der Waals surface area contributed by atoms with Crippen LogP contribution < -0.4 is 0 Å². The topological polar surface area (TPSA) is 38.7 Å². The summed E-state index contributed by atoms with van der Waals surface area (Å²) in [5.74, 6) is 4.76. The third kappa shape index (κ3) is 2.57. The first-order valence-electron chi connectivity index (χ1n) is 12.5. The van der Waals surface area contributed by atoms with Crippen molar-refractivity contribution < 1.29 is 14.6 Å². The maximum absolute atomic E-state index is 11.4. The van der Waals surface area contributed by atoms with Crippen molar-refractivity contribution in [3.8, 4) is 0 Å². The summed E-state index contributed by atoms with van der Waals surface area (Å²) in [4.78, 5) is 0. The van der Waals surface area contributed by atoms with Gasteiger partial charge in [-0.2, -0.15) is 0 Å². The SMILES string of the molecule is C[C@@H]1CC[C@]2(C[C@@H]3[C@H](C[C@@H]4[C@@H]5CC[C@@H]6CCCC[C@@H]6[C@@H]5[C@@H](O)C[C@@]43C)O2)OC1. The second kappa shape index (κ2) is 6.44. The van der Waals surface area contributed by atoms with Crippen molar-refractivity contribution >= 4 is 0 Å². The van der Waals surface area contributed by atoms with E-state index in [0.29, 0.717) is 23.9 Å². The maximum atomic E-state index is 11.4. The van der Waals surface area contributed by atoms with Crippen molar-refractivity contribution in [2.24, 2.45) is 46.8 Å². The quantitative estimate of drug-likeness (QED) is 0.623. The fraction of sp³-hybridized carbons (Fsp3) is 1.00. The molecule has 1 spiro atoms. The van der Waals surface area contributed by atoms with Gasteiger partial charge in [0.25, 0.3) is 0 Å². The number of ether oxygens (including phenoxy) is 2. The third-order valence-electron chi connectivity index (χ3n) is 10.6. The summed E-state index contributed by atoms with van der Waals surface area (Å²) >= 11 is 0. The Kier molecular flexibility index (Phi) is 4.28. The maximum Gasteiger partial charge on any atom is 0.169 e. The Bertz CT molecular complexity index is 611. The molecule has 0 unspecified atom stereocenters. The van der Waals surface area contributed by atoms with E-state index in [1.165, 1.54) is 51.4 Å². The Morgan fingerprint density at radius 3 is 2.61 bits per heavy atom. The first-order valence-corrected chi connectivity index (χ1v) is 12.5. The summed E-state index contributed by atoms with van der Waals surface area (Å²) in [6, 6.07) is 0. The molecule has 2 heterocycles. The lowest BCUT2D eigenvalue weighted by Crippen LogP contribution is -2.54. The van der Waals surface area contributed by atoms with Crippen LogP contribution in [0.4, 0.5) is 0 Å². The zero-order chi connectivity index (χ0) is 19.1. The highest BCUT2D eigenvalue weighted by atomic mass is 16.7. The lowest BCUT2D eigenvalue weighted by molar-refractivity contribution is -0.256. The first kappa shape index (κ1) is 18.6. The van der Waals surface area contributed by atoms with Crippen LogP contribution in [0.5, 0.6) is 0 Å². The molecule has 158 valence electrons. The highest BCUT2D eigenvalue weighted by Crippen LogP contribution is 2.68. The molecule has 1 N–H and O–H groups in total. The number of aliphatic hydroxyl groups is 1. The van der Waals surface area contributed by atoms with E-state index in [1.807, 2.05) is 0 Å². The van der Waals surface area contributed by atoms with Gasteiger partial charge in [-0.05, 0) is 85.4 Å².